The minimum Gasteiger partial charge on any atom is -0.487 e. The van der Waals surface area contributed by atoms with Crippen molar-refractivity contribution in [1.82, 2.24) is 14.5 Å². The average Bonchev–Trinajstić information content (AvgIpc) is 2.83. The molecule has 0 radical (unpaired) electrons. The molecule has 10 heteroatoms. The molecule has 0 unspecified atom stereocenters. The molecule has 7 nitrogen and oxygen atoms in total. The number of ether oxygens (including phenoxy) is 1. The predicted molar refractivity (Wildman–Crippen MR) is 146 cm³/mol. The Bertz CT molecular complexity index is 1430. The van der Waals surface area contributed by atoms with E-state index in [4.69, 9.17) is 10.5 Å². The number of primary amides is 1. The van der Waals surface area contributed by atoms with E-state index < -0.39 is 11.9 Å². The van der Waals surface area contributed by atoms with Crippen LogP contribution in [0.2, 0.25) is 0 Å². The molecule has 2 N–H and O–H groups in total. The van der Waals surface area contributed by atoms with Gasteiger partial charge in [0.05, 0.1) is 16.6 Å². The molecule has 2 aromatic carbocycles. The van der Waals surface area contributed by atoms with E-state index in [1.165, 1.54) is 6.20 Å². The molecular formula is C25H25ClFIN4O3. The molecule has 4 rings (SSSR count). The number of para-hydroxylation sites is 1. The number of nitrogens with two attached hydrogens (primary N) is 1. The zero-order valence-corrected chi connectivity index (χ0v) is 22.0. The Morgan fingerprint density at radius 1 is 1.17 bits per heavy atom. The lowest BCUT2D eigenvalue weighted by Gasteiger charge is -2.23. The fourth-order valence-electron chi connectivity index (χ4n) is 4.07. The van der Waals surface area contributed by atoms with Crippen molar-refractivity contribution >= 4 is 62.7 Å². The molecule has 2 aromatic heterocycles. The summed E-state index contributed by atoms with van der Waals surface area (Å²) in [6, 6.07) is 13.9. The lowest BCUT2D eigenvalue weighted by Crippen LogP contribution is -2.32. The predicted octanol–water partition coefficient (Wildman–Crippen LogP) is 4.22. The number of rotatable bonds is 9. The van der Waals surface area contributed by atoms with Crippen LogP contribution in [0.1, 0.15) is 17.3 Å². The van der Waals surface area contributed by atoms with E-state index in [0.29, 0.717) is 48.1 Å². The number of nitrogens with zero attached hydrogens (tertiary/aromatic N) is 3. The van der Waals surface area contributed by atoms with E-state index in [1.807, 2.05) is 29.7 Å². The lowest BCUT2D eigenvalue weighted by atomic mass is 10.0. The van der Waals surface area contributed by atoms with Crippen molar-refractivity contribution in [2.45, 2.75) is 13.5 Å². The number of aromatic nitrogens is 2. The highest BCUT2D eigenvalue weighted by Gasteiger charge is 2.17. The van der Waals surface area contributed by atoms with Gasteiger partial charge in [-0.05, 0) is 71.6 Å². The number of hydrogen-bond acceptors (Lipinski definition) is 5. The van der Waals surface area contributed by atoms with E-state index in [9.17, 15) is 14.0 Å². The van der Waals surface area contributed by atoms with Gasteiger partial charge in [-0.1, -0.05) is 13.0 Å². The Balaban J connectivity index is 0.00000342. The summed E-state index contributed by atoms with van der Waals surface area (Å²) < 4.78 is 22.2. The smallest absolute Gasteiger partial charge is 0.255 e. The topological polar surface area (TPSA) is 90.4 Å². The van der Waals surface area contributed by atoms with Gasteiger partial charge in [0.1, 0.15) is 6.61 Å². The maximum Gasteiger partial charge on any atom is 0.255 e. The quantitative estimate of drug-likeness (QED) is 0.174. The van der Waals surface area contributed by atoms with Crippen molar-refractivity contribution in [3.63, 3.8) is 0 Å². The zero-order chi connectivity index (χ0) is 24.2. The van der Waals surface area contributed by atoms with Crippen LogP contribution in [0.3, 0.4) is 0 Å². The molecule has 184 valence electrons. The van der Waals surface area contributed by atoms with Gasteiger partial charge in [-0.25, -0.2) is 4.98 Å². The molecule has 0 saturated heterocycles. The molecular weight excluding hydrogens is 586 g/mol. The molecule has 0 fully saturated rings. The minimum absolute atomic E-state index is 0. The Morgan fingerprint density at radius 3 is 2.69 bits per heavy atom. The van der Waals surface area contributed by atoms with Gasteiger partial charge in [-0.3, -0.25) is 14.5 Å². The highest BCUT2D eigenvalue weighted by atomic mass is 127. The molecule has 2 heterocycles. The van der Waals surface area contributed by atoms with Crippen LogP contribution in [-0.2, 0) is 6.54 Å². The van der Waals surface area contributed by atoms with Crippen molar-refractivity contribution in [2.24, 2.45) is 5.73 Å². The lowest BCUT2D eigenvalue weighted by molar-refractivity contribution is 0.100. The van der Waals surface area contributed by atoms with Crippen LogP contribution in [0.15, 0.2) is 59.5 Å². The Labute approximate surface area is 221 Å². The average molecular weight is 611 g/mol. The largest absolute Gasteiger partial charge is 0.487 e. The molecule has 0 atom stereocenters. The molecule has 0 bridgehead atoms. The monoisotopic (exact) mass is 610 g/mol. The van der Waals surface area contributed by atoms with Crippen LogP contribution < -0.4 is 15.9 Å². The standard InChI is InChI=1S/C25H24FIN4O3.ClH/c1-2-30(13-14-34-21-7-4-10-29-24(21)26)11-12-31-20-9-8-16(27)15-19(20)23(32)17-5-3-6-18(22(17)31)25(28)33;/h3-10,15H,2,11-14H2,1H3,(H2,28,33);1H. The third kappa shape index (κ3) is 5.74. The summed E-state index contributed by atoms with van der Waals surface area (Å²) in [5.41, 5.74) is 7.14. The highest BCUT2D eigenvalue weighted by Crippen LogP contribution is 2.24. The molecule has 4 aromatic rings. The summed E-state index contributed by atoms with van der Waals surface area (Å²) in [5, 5.41) is 1.06. The van der Waals surface area contributed by atoms with Crippen LogP contribution in [0.5, 0.6) is 5.75 Å². The van der Waals surface area contributed by atoms with Crippen molar-refractivity contribution in [3.8, 4) is 5.75 Å². The molecule has 35 heavy (non-hydrogen) atoms. The zero-order valence-electron chi connectivity index (χ0n) is 19.0. The molecule has 0 spiro atoms. The van der Waals surface area contributed by atoms with E-state index in [-0.39, 0.29) is 23.6 Å². The normalized spacial score (nSPS) is 11.1. The first-order valence-electron chi connectivity index (χ1n) is 10.9. The van der Waals surface area contributed by atoms with E-state index in [2.05, 4.69) is 32.5 Å². The van der Waals surface area contributed by atoms with Gasteiger partial charge >= 0.3 is 0 Å². The van der Waals surface area contributed by atoms with Crippen LogP contribution in [-0.4, -0.2) is 46.6 Å². The Morgan fingerprint density at radius 2 is 1.97 bits per heavy atom. The first-order valence-corrected chi connectivity index (χ1v) is 12.0. The summed E-state index contributed by atoms with van der Waals surface area (Å²) >= 11 is 2.18. The number of fused-ring (bicyclic) bond motifs is 2. The van der Waals surface area contributed by atoms with Gasteiger partial charge in [0, 0.05) is 40.2 Å². The van der Waals surface area contributed by atoms with Gasteiger partial charge in [-0.2, -0.15) is 4.39 Å². The number of carbonyl (C=O) groups excluding carboxylic acids is 1. The summed E-state index contributed by atoms with van der Waals surface area (Å²) in [6.45, 7) is 4.79. The fourth-order valence-corrected chi connectivity index (χ4v) is 4.56. The van der Waals surface area contributed by atoms with Crippen LogP contribution in [0.4, 0.5) is 4.39 Å². The molecule has 0 saturated carbocycles. The number of hydrogen-bond donors (Lipinski definition) is 1. The summed E-state index contributed by atoms with van der Waals surface area (Å²) in [4.78, 5) is 31.2. The maximum absolute atomic E-state index is 13.7. The van der Waals surface area contributed by atoms with Gasteiger partial charge in [0.15, 0.2) is 11.2 Å². The second-order valence-electron chi connectivity index (χ2n) is 7.78. The van der Waals surface area contributed by atoms with Gasteiger partial charge in [-0.15, -0.1) is 12.4 Å². The molecule has 0 aliphatic heterocycles. The second-order valence-corrected chi connectivity index (χ2v) is 9.03. The Kier molecular flexibility index (Phi) is 9.03. The first-order chi connectivity index (χ1) is 16.4. The number of amides is 1. The third-order valence-electron chi connectivity index (χ3n) is 5.79. The van der Waals surface area contributed by atoms with Crippen LogP contribution in [0, 0.1) is 9.52 Å². The maximum atomic E-state index is 13.7. The van der Waals surface area contributed by atoms with E-state index >= 15 is 0 Å². The number of carbonyl (C=O) groups is 1. The number of benzene rings is 2. The second kappa shape index (κ2) is 11.8. The highest BCUT2D eigenvalue weighted by molar-refractivity contribution is 14.1. The number of likely N-dealkylation sites (N-methyl/N-ethyl adjacent to an activating group) is 1. The molecule has 0 aliphatic carbocycles. The van der Waals surface area contributed by atoms with Crippen molar-refractivity contribution in [3.05, 3.63) is 80.0 Å². The number of pyridine rings is 2. The molecule has 0 aliphatic rings. The fraction of sp³-hybridized carbons (Fsp3) is 0.240. The SMILES string of the molecule is CCN(CCOc1cccnc1F)CCn1c2ccc(I)cc2c(=O)c2cccc(C(N)=O)c21.Cl. The number of halogens is 3. The van der Waals surface area contributed by atoms with Gasteiger partial charge < -0.3 is 15.0 Å². The van der Waals surface area contributed by atoms with Crippen LogP contribution >= 0.6 is 35.0 Å². The van der Waals surface area contributed by atoms with Crippen molar-refractivity contribution < 1.29 is 13.9 Å². The minimum atomic E-state index is -0.634. The Hall–Kier alpha value is -2.76. The summed E-state index contributed by atoms with van der Waals surface area (Å²) in [5.74, 6) is -1.09. The van der Waals surface area contributed by atoms with E-state index in [0.717, 1.165) is 15.6 Å². The van der Waals surface area contributed by atoms with Gasteiger partial charge in [0.2, 0.25) is 0 Å². The first kappa shape index (κ1) is 26.8. The van der Waals surface area contributed by atoms with E-state index in [1.54, 1.807) is 30.3 Å². The van der Waals surface area contributed by atoms with Gasteiger partial charge in [0.25, 0.3) is 11.9 Å². The third-order valence-corrected chi connectivity index (χ3v) is 6.46. The van der Waals surface area contributed by atoms with Crippen molar-refractivity contribution in [2.75, 3.05) is 26.2 Å². The van der Waals surface area contributed by atoms with Crippen LogP contribution in [0.25, 0.3) is 21.8 Å². The molecule has 1 amide bonds. The summed E-state index contributed by atoms with van der Waals surface area (Å²) in [6.07, 6.45) is 1.38. The van der Waals surface area contributed by atoms with Crippen molar-refractivity contribution in [1.29, 1.82) is 0 Å². The summed E-state index contributed by atoms with van der Waals surface area (Å²) in [7, 11) is 0.